The molecule has 1 unspecified atom stereocenters. The molecule has 0 bridgehead atoms. The first-order valence-electron chi connectivity index (χ1n) is 9.07. The van der Waals surface area contributed by atoms with Crippen LogP contribution >= 0.6 is 0 Å². The van der Waals surface area contributed by atoms with Gasteiger partial charge in [0.25, 0.3) is 5.91 Å². The molecule has 1 aromatic carbocycles. The highest BCUT2D eigenvalue weighted by Gasteiger charge is 2.56. The SMILES string of the molecule is COc1ccc(NC(=O)C2[C@H]3CCC[C@@H]23)cc1OCC(=O)NC1CC1. The van der Waals surface area contributed by atoms with Crippen molar-refractivity contribution in [3.8, 4) is 11.5 Å². The highest BCUT2D eigenvalue weighted by molar-refractivity contribution is 5.95. The molecular weight excluding hydrogens is 320 g/mol. The molecule has 3 aliphatic rings. The minimum absolute atomic E-state index is 0.0585. The van der Waals surface area contributed by atoms with Gasteiger partial charge in [0.15, 0.2) is 18.1 Å². The van der Waals surface area contributed by atoms with E-state index in [0.29, 0.717) is 35.1 Å². The predicted molar refractivity (Wildman–Crippen MR) is 92.6 cm³/mol. The minimum Gasteiger partial charge on any atom is -0.493 e. The van der Waals surface area contributed by atoms with E-state index in [0.717, 1.165) is 12.8 Å². The van der Waals surface area contributed by atoms with Crippen molar-refractivity contribution in [3.63, 3.8) is 0 Å². The van der Waals surface area contributed by atoms with Crippen LogP contribution in [0.1, 0.15) is 32.1 Å². The van der Waals surface area contributed by atoms with Crippen LogP contribution in [-0.4, -0.2) is 31.6 Å². The normalized spacial score (nSPS) is 26.5. The Labute approximate surface area is 147 Å². The molecule has 4 rings (SSSR count). The van der Waals surface area contributed by atoms with E-state index in [1.165, 1.54) is 19.3 Å². The van der Waals surface area contributed by atoms with Crippen molar-refractivity contribution in [3.05, 3.63) is 18.2 Å². The van der Waals surface area contributed by atoms with Gasteiger partial charge in [0.05, 0.1) is 7.11 Å². The van der Waals surface area contributed by atoms with E-state index in [1.54, 1.807) is 25.3 Å². The first kappa shape index (κ1) is 16.2. The summed E-state index contributed by atoms with van der Waals surface area (Å²) >= 11 is 0. The van der Waals surface area contributed by atoms with E-state index in [1.807, 2.05) is 0 Å². The van der Waals surface area contributed by atoms with Gasteiger partial charge in [0.2, 0.25) is 5.91 Å². The second-order valence-electron chi connectivity index (χ2n) is 7.27. The van der Waals surface area contributed by atoms with Crippen LogP contribution in [0.3, 0.4) is 0 Å². The van der Waals surface area contributed by atoms with Gasteiger partial charge in [-0.2, -0.15) is 0 Å². The van der Waals surface area contributed by atoms with E-state index in [9.17, 15) is 9.59 Å². The predicted octanol–water partition coefficient (Wildman–Crippen LogP) is 2.34. The second-order valence-corrected chi connectivity index (χ2v) is 7.27. The van der Waals surface area contributed by atoms with Crippen LogP contribution < -0.4 is 20.1 Å². The highest BCUT2D eigenvalue weighted by Crippen LogP contribution is 2.57. The molecule has 0 radical (unpaired) electrons. The number of carbonyl (C=O) groups is 2. The number of rotatable bonds is 7. The molecule has 0 heterocycles. The summed E-state index contributed by atoms with van der Waals surface area (Å²) in [4.78, 5) is 24.2. The second kappa shape index (κ2) is 6.58. The van der Waals surface area contributed by atoms with Gasteiger partial charge in [0.1, 0.15) is 0 Å². The lowest BCUT2D eigenvalue weighted by molar-refractivity contribution is -0.123. The number of fused-ring (bicyclic) bond motifs is 1. The summed E-state index contributed by atoms with van der Waals surface area (Å²) in [7, 11) is 1.55. The van der Waals surface area contributed by atoms with Crippen molar-refractivity contribution in [1.29, 1.82) is 0 Å². The van der Waals surface area contributed by atoms with Crippen molar-refractivity contribution in [1.82, 2.24) is 5.32 Å². The number of hydrogen-bond acceptors (Lipinski definition) is 4. The quantitative estimate of drug-likeness (QED) is 0.796. The zero-order valence-corrected chi connectivity index (χ0v) is 14.4. The Bertz CT molecular complexity index is 676. The summed E-state index contributed by atoms with van der Waals surface area (Å²) in [6, 6.07) is 5.57. The Kier molecular flexibility index (Phi) is 4.27. The molecule has 0 aliphatic heterocycles. The van der Waals surface area contributed by atoms with E-state index in [-0.39, 0.29) is 24.3 Å². The van der Waals surface area contributed by atoms with Crippen LogP contribution in [0, 0.1) is 17.8 Å². The average Bonchev–Trinajstić information content (AvgIpc) is 3.51. The molecule has 134 valence electrons. The Morgan fingerprint density at radius 2 is 1.88 bits per heavy atom. The molecule has 0 spiro atoms. The fraction of sp³-hybridized carbons (Fsp3) is 0.579. The van der Waals surface area contributed by atoms with Crippen LogP contribution in [0.25, 0.3) is 0 Å². The molecule has 25 heavy (non-hydrogen) atoms. The van der Waals surface area contributed by atoms with Crippen LogP contribution in [0.4, 0.5) is 5.69 Å². The summed E-state index contributed by atoms with van der Waals surface area (Å²) in [5.41, 5.74) is 0.674. The number of ether oxygens (including phenoxy) is 2. The molecular formula is C19H24N2O4. The number of benzene rings is 1. The van der Waals surface area contributed by atoms with Gasteiger partial charge in [-0.3, -0.25) is 9.59 Å². The van der Waals surface area contributed by atoms with Crippen molar-refractivity contribution in [2.45, 2.75) is 38.1 Å². The fourth-order valence-electron chi connectivity index (χ4n) is 3.94. The molecule has 1 aromatic rings. The van der Waals surface area contributed by atoms with Gasteiger partial charge in [-0.25, -0.2) is 0 Å². The molecule has 0 aromatic heterocycles. The summed E-state index contributed by atoms with van der Waals surface area (Å²) in [6.07, 6.45) is 5.69. The van der Waals surface area contributed by atoms with Crippen LogP contribution in [-0.2, 0) is 9.59 Å². The third-order valence-corrected chi connectivity index (χ3v) is 5.44. The molecule has 3 fully saturated rings. The molecule has 3 atom stereocenters. The Morgan fingerprint density at radius 1 is 1.12 bits per heavy atom. The third kappa shape index (κ3) is 3.57. The monoisotopic (exact) mass is 344 g/mol. The highest BCUT2D eigenvalue weighted by atomic mass is 16.5. The number of hydrogen-bond donors (Lipinski definition) is 2. The summed E-state index contributed by atoms with van der Waals surface area (Å²) in [5, 5.41) is 5.86. The first-order chi connectivity index (χ1) is 12.2. The number of anilines is 1. The molecule has 0 saturated heterocycles. The maximum absolute atomic E-state index is 12.4. The van der Waals surface area contributed by atoms with Crippen LogP contribution in [0.5, 0.6) is 11.5 Å². The molecule has 2 N–H and O–H groups in total. The molecule has 6 heteroatoms. The van der Waals surface area contributed by atoms with Crippen LogP contribution in [0.15, 0.2) is 18.2 Å². The van der Waals surface area contributed by atoms with Gasteiger partial charge in [-0.05, 0) is 49.7 Å². The van der Waals surface area contributed by atoms with Gasteiger partial charge in [0, 0.05) is 23.7 Å². The Balaban J connectivity index is 1.37. The molecule has 3 aliphatic carbocycles. The number of methoxy groups -OCH3 is 1. The van der Waals surface area contributed by atoms with Crippen molar-refractivity contribution < 1.29 is 19.1 Å². The molecule has 6 nitrogen and oxygen atoms in total. The number of nitrogens with one attached hydrogen (secondary N) is 2. The smallest absolute Gasteiger partial charge is 0.258 e. The number of amides is 2. The zero-order chi connectivity index (χ0) is 17.4. The van der Waals surface area contributed by atoms with E-state index in [2.05, 4.69) is 10.6 Å². The van der Waals surface area contributed by atoms with Crippen LogP contribution in [0.2, 0.25) is 0 Å². The van der Waals surface area contributed by atoms with Gasteiger partial charge in [-0.15, -0.1) is 0 Å². The largest absolute Gasteiger partial charge is 0.493 e. The summed E-state index contributed by atoms with van der Waals surface area (Å²) in [6.45, 7) is -0.0585. The van der Waals surface area contributed by atoms with Crippen molar-refractivity contribution in [2.75, 3.05) is 19.0 Å². The van der Waals surface area contributed by atoms with Crippen molar-refractivity contribution in [2.24, 2.45) is 17.8 Å². The van der Waals surface area contributed by atoms with Gasteiger partial charge >= 0.3 is 0 Å². The average molecular weight is 344 g/mol. The number of carbonyl (C=O) groups excluding carboxylic acids is 2. The maximum atomic E-state index is 12.4. The zero-order valence-electron chi connectivity index (χ0n) is 14.4. The molecule has 2 amide bonds. The van der Waals surface area contributed by atoms with E-state index in [4.69, 9.17) is 9.47 Å². The van der Waals surface area contributed by atoms with Gasteiger partial charge < -0.3 is 20.1 Å². The third-order valence-electron chi connectivity index (χ3n) is 5.44. The standard InChI is InChI=1S/C19H24N2O4/c1-24-15-8-7-12(21-19(23)18-13-3-2-4-14(13)18)9-16(15)25-10-17(22)20-11-5-6-11/h7-9,11,13-14,18H,2-6,10H2,1H3,(H,20,22)(H,21,23)/t13-,14+,18?. The Hall–Kier alpha value is -2.24. The topological polar surface area (TPSA) is 76.7 Å². The van der Waals surface area contributed by atoms with Gasteiger partial charge in [-0.1, -0.05) is 6.42 Å². The molecule has 3 saturated carbocycles. The lowest BCUT2D eigenvalue weighted by Crippen LogP contribution is -2.30. The van der Waals surface area contributed by atoms with Crippen molar-refractivity contribution >= 4 is 17.5 Å². The fourth-order valence-corrected chi connectivity index (χ4v) is 3.94. The lowest BCUT2D eigenvalue weighted by atomic mass is 10.1. The first-order valence-corrected chi connectivity index (χ1v) is 9.07. The Morgan fingerprint density at radius 3 is 2.56 bits per heavy atom. The maximum Gasteiger partial charge on any atom is 0.258 e. The summed E-state index contributed by atoms with van der Waals surface area (Å²) in [5.74, 6) is 2.30. The lowest BCUT2D eigenvalue weighted by Gasteiger charge is -2.13. The van der Waals surface area contributed by atoms with E-state index >= 15 is 0 Å². The summed E-state index contributed by atoms with van der Waals surface area (Å²) < 4.78 is 10.9. The van der Waals surface area contributed by atoms with E-state index < -0.39 is 0 Å². The minimum atomic E-state index is -0.134.